The number of para-hydroxylation sites is 2. The van der Waals surface area contributed by atoms with Gasteiger partial charge in [-0.05, 0) is 108 Å². The van der Waals surface area contributed by atoms with Crippen molar-refractivity contribution in [1.82, 2.24) is 14.4 Å². The molecule has 234 valence electrons. The molecule has 5 heteroatoms. The van der Waals surface area contributed by atoms with Crippen molar-refractivity contribution in [3.8, 4) is 45.0 Å². The zero-order valence-corrected chi connectivity index (χ0v) is 26.5. The second-order valence-electron chi connectivity index (χ2n) is 12.7. The van der Waals surface area contributed by atoms with E-state index in [0.29, 0.717) is 44.8 Å². The van der Waals surface area contributed by atoms with Crippen LogP contribution in [-0.2, 0) is 5.41 Å². The van der Waals surface area contributed by atoms with Crippen molar-refractivity contribution in [1.29, 1.82) is 0 Å². The topological polar surface area (TPSA) is 52.6 Å². The molecule has 1 aliphatic heterocycles. The normalized spacial score (nSPS) is 19.1. The van der Waals surface area contributed by atoms with Crippen LogP contribution >= 0.6 is 0 Å². The minimum Gasteiger partial charge on any atom is -0.438 e. The van der Waals surface area contributed by atoms with Gasteiger partial charge in [-0.3, -0.25) is 4.40 Å². The molecule has 0 N–H and O–H groups in total. The van der Waals surface area contributed by atoms with Gasteiger partial charge in [0.1, 0.15) is 5.75 Å². The van der Waals surface area contributed by atoms with E-state index < -0.39 is 26.0 Å². The zero-order valence-electron chi connectivity index (χ0n) is 35.5. The van der Waals surface area contributed by atoms with E-state index in [1.807, 2.05) is 60.7 Å². The van der Waals surface area contributed by atoms with E-state index in [0.717, 1.165) is 27.7 Å². The first-order valence-corrected chi connectivity index (χ1v) is 15.7. The van der Waals surface area contributed by atoms with Crippen molar-refractivity contribution < 1.29 is 21.5 Å². The van der Waals surface area contributed by atoms with E-state index in [2.05, 4.69) is 4.98 Å². The predicted molar refractivity (Wildman–Crippen MR) is 194 cm³/mol. The number of aryl methyl sites for hydroxylation is 4. The molecule has 0 amide bonds. The van der Waals surface area contributed by atoms with Gasteiger partial charge < -0.3 is 9.15 Å². The molecular weight excluding hydrogens is 590 g/mol. The number of ether oxygens (including phenoxy) is 1. The Balaban J connectivity index is 1.30. The van der Waals surface area contributed by atoms with Gasteiger partial charge in [0.2, 0.25) is 5.88 Å². The minimum atomic E-state index is -2.64. The Kier molecular flexibility index (Phi) is 4.35. The standard InChI is InChI=1S/C43H35N3O2/c1-24-13-17-28(37-26(3)15-19-32-39(37)47-41-33(43(32,5)6)10-9-21-44-41)22-30(24)31-23-29(18-14-25(31)2)38-27(4)16-20-36-40(38)48-42-45-34-11-7-8-12-35(34)46(36)42/h7-23H,1-6H3/i1D3,2D3,5D3. The summed E-state index contributed by atoms with van der Waals surface area (Å²) in [5, 5.41) is 0. The van der Waals surface area contributed by atoms with Crippen molar-refractivity contribution in [2.24, 2.45) is 0 Å². The van der Waals surface area contributed by atoms with Crippen LogP contribution in [0.5, 0.6) is 11.6 Å². The van der Waals surface area contributed by atoms with E-state index in [4.69, 9.17) is 26.5 Å². The summed E-state index contributed by atoms with van der Waals surface area (Å²) in [7, 11) is 0. The van der Waals surface area contributed by atoms with E-state index >= 15 is 0 Å². The Morgan fingerprint density at radius 2 is 1.42 bits per heavy atom. The van der Waals surface area contributed by atoms with Crippen molar-refractivity contribution in [3.05, 3.63) is 137 Å². The smallest absolute Gasteiger partial charge is 0.307 e. The van der Waals surface area contributed by atoms with E-state index in [-0.39, 0.29) is 33.9 Å². The summed E-state index contributed by atoms with van der Waals surface area (Å²) in [4.78, 5) is 9.10. The SMILES string of the molecule is [2H]C([2H])([2H])c1ccc(-c2c(C)ccc3c2Oc2ncccc2C3(C)C([2H])([2H])[2H])cc1-c1cc(-c2c(C)ccc3c2oc2nc4ccccc4n23)ccc1C([2H])([2H])[2H]. The number of hydrogen-bond donors (Lipinski definition) is 0. The summed E-state index contributed by atoms with van der Waals surface area (Å²) in [5.74, 6) is 0.857. The Hall–Kier alpha value is -5.68. The molecule has 0 saturated heterocycles. The number of pyridine rings is 1. The summed E-state index contributed by atoms with van der Waals surface area (Å²) in [5.41, 5.74) is 6.64. The molecule has 4 heterocycles. The van der Waals surface area contributed by atoms with Crippen LogP contribution in [0.3, 0.4) is 0 Å². The van der Waals surface area contributed by atoms with Gasteiger partial charge in [-0.25, -0.2) is 4.98 Å². The number of nitrogens with zero attached hydrogens (tertiary/aromatic N) is 3. The highest BCUT2D eigenvalue weighted by atomic mass is 16.5. The average molecular weight is 635 g/mol. The lowest BCUT2D eigenvalue weighted by molar-refractivity contribution is 0.403. The summed E-state index contributed by atoms with van der Waals surface area (Å²) in [6.07, 6.45) is 1.54. The van der Waals surface area contributed by atoms with Crippen LogP contribution in [0.15, 0.2) is 108 Å². The molecule has 0 radical (unpaired) electrons. The summed E-state index contributed by atoms with van der Waals surface area (Å²) in [6, 6.07) is 28.4. The molecular formula is C43H35N3O2. The summed E-state index contributed by atoms with van der Waals surface area (Å²) in [6.45, 7) is -2.30. The number of fused-ring (bicyclic) bond motifs is 7. The van der Waals surface area contributed by atoms with Gasteiger partial charge in [0, 0.05) is 46.2 Å². The van der Waals surface area contributed by atoms with Crippen molar-refractivity contribution >= 4 is 28.0 Å². The molecule has 1 atom stereocenters. The van der Waals surface area contributed by atoms with Crippen LogP contribution in [0, 0.1) is 27.6 Å². The van der Waals surface area contributed by atoms with Crippen LogP contribution < -0.4 is 4.74 Å². The molecule has 0 bridgehead atoms. The van der Waals surface area contributed by atoms with Gasteiger partial charge in [-0.1, -0.05) is 74.4 Å². The van der Waals surface area contributed by atoms with Gasteiger partial charge in [-0.15, -0.1) is 0 Å². The molecule has 5 aromatic carbocycles. The number of hydrogen-bond acceptors (Lipinski definition) is 4. The lowest BCUT2D eigenvalue weighted by Gasteiger charge is -2.35. The summed E-state index contributed by atoms with van der Waals surface area (Å²) < 4.78 is 92.4. The maximum atomic E-state index is 8.68. The molecule has 1 aliphatic rings. The molecule has 8 aromatic rings. The summed E-state index contributed by atoms with van der Waals surface area (Å²) >= 11 is 0. The maximum absolute atomic E-state index is 8.68. The van der Waals surface area contributed by atoms with Crippen LogP contribution in [0.1, 0.15) is 59.5 Å². The molecule has 0 saturated carbocycles. The largest absolute Gasteiger partial charge is 0.438 e. The van der Waals surface area contributed by atoms with Gasteiger partial charge in [-0.2, -0.15) is 4.98 Å². The highest BCUT2D eigenvalue weighted by Crippen LogP contribution is 2.52. The van der Waals surface area contributed by atoms with E-state index in [1.54, 1.807) is 49.4 Å². The minimum absolute atomic E-state index is 0.0323. The predicted octanol–water partition coefficient (Wildman–Crippen LogP) is 11.3. The van der Waals surface area contributed by atoms with E-state index in [9.17, 15) is 0 Å². The third kappa shape index (κ3) is 4.03. The zero-order chi connectivity index (χ0) is 40.4. The van der Waals surface area contributed by atoms with Gasteiger partial charge in [0.25, 0.3) is 0 Å². The third-order valence-corrected chi connectivity index (χ3v) is 9.63. The van der Waals surface area contributed by atoms with Crippen LogP contribution in [0.4, 0.5) is 0 Å². The Labute approximate surface area is 292 Å². The Bertz CT molecular complexity index is 2960. The maximum Gasteiger partial charge on any atom is 0.307 e. The monoisotopic (exact) mass is 634 g/mol. The number of aromatic nitrogens is 3. The van der Waals surface area contributed by atoms with Crippen LogP contribution in [-0.4, -0.2) is 14.4 Å². The molecule has 0 aliphatic carbocycles. The third-order valence-electron chi connectivity index (χ3n) is 9.63. The molecule has 1 unspecified atom stereocenters. The first-order chi connectivity index (χ1) is 26.9. The van der Waals surface area contributed by atoms with Gasteiger partial charge >= 0.3 is 5.84 Å². The fraction of sp³-hybridized carbons (Fsp3) is 0.163. The fourth-order valence-corrected chi connectivity index (χ4v) is 7.18. The van der Waals surface area contributed by atoms with Crippen LogP contribution in [0.2, 0.25) is 0 Å². The van der Waals surface area contributed by atoms with Crippen LogP contribution in [0.25, 0.3) is 61.4 Å². The molecule has 0 fully saturated rings. The Morgan fingerprint density at radius 1 is 0.708 bits per heavy atom. The lowest BCUT2D eigenvalue weighted by atomic mass is 9.75. The fourth-order valence-electron chi connectivity index (χ4n) is 7.18. The lowest BCUT2D eigenvalue weighted by Crippen LogP contribution is -2.25. The number of rotatable bonds is 3. The highest BCUT2D eigenvalue weighted by molar-refractivity contribution is 5.98. The highest BCUT2D eigenvalue weighted by Gasteiger charge is 2.36. The first kappa shape index (κ1) is 20.5. The first-order valence-electron chi connectivity index (χ1n) is 20.2. The Morgan fingerprint density at radius 3 is 2.19 bits per heavy atom. The quantitative estimate of drug-likeness (QED) is 0.194. The molecule has 9 rings (SSSR count). The number of imidazole rings is 1. The molecule has 5 nitrogen and oxygen atoms in total. The second-order valence-corrected chi connectivity index (χ2v) is 12.7. The molecule has 3 aromatic heterocycles. The molecule has 0 spiro atoms. The van der Waals surface area contributed by atoms with Crippen molar-refractivity contribution in [3.63, 3.8) is 0 Å². The van der Waals surface area contributed by atoms with Gasteiger partial charge in [0.05, 0.1) is 16.6 Å². The van der Waals surface area contributed by atoms with Crippen molar-refractivity contribution in [2.75, 3.05) is 0 Å². The number of benzene rings is 5. The molecule has 48 heavy (non-hydrogen) atoms. The van der Waals surface area contributed by atoms with Crippen molar-refractivity contribution in [2.45, 2.75) is 46.7 Å². The number of oxazole rings is 1. The van der Waals surface area contributed by atoms with E-state index in [1.165, 1.54) is 18.3 Å². The average Bonchev–Trinajstić information content (AvgIpc) is 3.69. The van der Waals surface area contributed by atoms with Gasteiger partial charge in [0.15, 0.2) is 5.58 Å². The second kappa shape index (κ2) is 10.2.